The summed E-state index contributed by atoms with van der Waals surface area (Å²) < 4.78 is 42.2. The molecule has 8 N–H and O–H groups in total. The first-order chi connectivity index (χ1) is 29.9. The van der Waals surface area contributed by atoms with Crippen molar-refractivity contribution in [3.05, 3.63) is 107 Å². The summed E-state index contributed by atoms with van der Waals surface area (Å²) in [6, 6.07) is 22.2. The summed E-state index contributed by atoms with van der Waals surface area (Å²) >= 11 is 0.577. The Balaban J connectivity index is 0.00000449. The van der Waals surface area contributed by atoms with Crippen molar-refractivity contribution in [3.63, 3.8) is 0 Å². The van der Waals surface area contributed by atoms with Gasteiger partial charge in [0.15, 0.2) is 0 Å². The zero-order valence-corrected chi connectivity index (χ0v) is 40.6. The Morgan fingerprint density at radius 2 is 0.938 bits per heavy atom. The predicted molar refractivity (Wildman–Crippen MR) is 229 cm³/mol. The maximum atomic E-state index is 12.5. The molecule has 0 fully saturated rings. The fraction of sp³-hybridized carbons (Fsp3) is 0.105. The van der Waals surface area contributed by atoms with E-state index in [1.807, 2.05) is 0 Å². The molecule has 0 saturated carbocycles. The first kappa shape index (κ1) is 51.2. The Morgan fingerprint density at radius 1 is 0.562 bits per heavy atom. The van der Waals surface area contributed by atoms with E-state index in [2.05, 4.69) is 81.8 Å². The van der Waals surface area contributed by atoms with Crippen LogP contribution < -0.4 is 107 Å². The maximum absolute atomic E-state index is 12.5. The van der Waals surface area contributed by atoms with Gasteiger partial charge in [0, 0.05) is 67.0 Å². The maximum Gasteiger partial charge on any atom is 1.00 e. The molecular weight excluding hydrogens is 891 g/mol. The van der Waals surface area contributed by atoms with Gasteiger partial charge in [-0.1, -0.05) is 24.3 Å². The molecule has 6 aromatic rings. The van der Waals surface area contributed by atoms with Gasteiger partial charge in [-0.25, -0.2) is 8.42 Å². The molecule has 22 nitrogen and oxygen atoms in total. The van der Waals surface area contributed by atoms with E-state index in [4.69, 9.17) is 0 Å². The van der Waals surface area contributed by atoms with Crippen LogP contribution in [0.15, 0.2) is 94.7 Å². The number of nitrogens with zero attached hydrogens (tertiary/aromatic N) is 6. The third-order valence-electron chi connectivity index (χ3n) is 8.38. The normalized spacial score (nSPS) is 10.8. The fourth-order valence-electron chi connectivity index (χ4n) is 5.43. The third-order valence-corrected chi connectivity index (χ3v) is 9.93. The van der Waals surface area contributed by atoms with E-state index in [0.29, 0.717) is 50.7 Å². The number of nitrogens with one attached hydrogen (secondary N) is 8. The van der Waals surface area contributed by atoms with Crippen molar-refractivity contribution in [3.8, 4) is 0 Å². The van der Waals surface area contributed by atoms with Gasteiger partial charge in [0.1, 0.15) is 10.1 Å². The van der Waals surface area contributed by atoms with Crippen LogP contribution in [0.4, 0.5) is 58.4 Å². The minimum absolute atomic E-state index is 0. The molecule has 2 amide bonds. The zero-order chi connectivity index (χ0) is 44.2. The van der Waals surface area contributed by atoms with Crippen molar-refractivity contribution in [2.45, 2.75) is 9.79 Å². The monoisotopic (exact) mass is 926 g/mol. The average molecular weight is 927 g/mol. The molecule has 26 heteroatoms. The van der Waals surface area contributed by atoms with Crippen LogP contribution in [0.25, 0.3) is 12.2 Å². The number of carbonyl (C=O) groups is 2. The zero-order valence-electron chi connectivity index (χ0n) is 35.0. The van der Waals surface area contributed by atoms with Crippen LogP contribution in [0.3, 0.4) is 0 Å². The molecule has 0 unspecified atom stereocenters. The Kier molecular flexibility index (Phi) is 19.2. The number of hydrogen-bond donors (Lipinski definition) is 8. The summed E-state index contributed by atoms with van der Waals surface area (Å²) in [5.74, 6) is 0.381. The smallest absolute Gasteiger partial charge is 0.744 e. The average Bonchev–Trinajstić information content (AvgIpc) is 3.27. The number of rotatable bonds is 18. The SMILES string of the molecule is CNC(=O)c1ccc(Nc2nc(NC)nc(Nc3ccc(/C=C/c4ccc(Nc5nc(NC)nc(Nc6ccc(C(=O)NC)cc6)n5)cc4S(=O)(=O)[O-])c(SOO[O-])c3)n2)cc1.[Na+].[Na+]. The van der Waals surface area contributed by atoms with Crippen LogP contribution in [-0.4, -0.2) is 82.9 Å². The fourth-order valence-corrected chi connectivity index (χ4v) is 6.64. The van der Waals surface area contributed by atoms with Crippen LogP contribution in [0.1, 0.15) is 31.8 Å². The molecule has 6 rings (SSSR count). The largest absolute Gasteiger partial charge is 1.00 e. The van der Waals surface area contributed by atoms with Crippen LogP contribution >= 0.6 is 12.0 Å². The third kappa shape index (κ3) is 14.0. The van der Waals surface area contributed by atoms with E-state index in [-0.39, 0.29) is 118 Å². The number of aromatic nitrogens is 6. The summed E-state index contributed by atoms with van der Waals surface area (Å²) in [6.45, 7) is 0. The Hall–Kier alpha value is -5.48. The van der Waals surface area contributed by atoms with Gasteiger partial charge in [0.05, 0.1) is 16.9 Å². The molecule has 0 radical (unpaired) electrons. The summed E-state index contributed by atoms with van der Waals surface area (Å²) in [7, 11) is 1.28. The van der Waals surface area contributed by atoms with Crippen LogP contribution in [0, 0.1) is 0 Å². The molecule has 64 heavy (non-hydrogen) atoms. The minimum atomic E-state index is -5.02. The Labute approximate surface area is 415 Å². The number of benzene rings is 4. The van der Waals surface area contributed by atoms with Crippen LogP contribution in [0.2, 0.25) is 0 Å². The molecule has 320 valence electrons. The summed E-state index contributed by atoms with van der Waals surface area (Å²) in [5.41, 5.74) is 3.23. The summed E-state index contributed by atoms with van der Waals surface area (Å²) in [4.78, 5) is 49.7. The summed E-state index contributed by atoms with van der Waals surface area (Å²) in [5, 5.41) is 37.3. The standard InChI is InChI=1S/C38H38N14O8S2.2Na/c1-39-31(53)23-9-13-25(14-10-23)43-35-47-33(41-3)49-37(51-35)45-27-17-7-21(29(19-27)61-60-59-55)5-6-22-8-18-28(20-30(22)62(56,57)58)46-38-50-34(42-4)48-36(52-38)44-26-15-11-24(12-16-26)32(54)40-2;;/h5-20,55H,1-4H3,(H,39,53)(H,40,54)(H,56,57,58)(H3,41,43,45,47,49,51)(H3,42,44,46,48,50,52);;/q;2*+1/p-2/b6-5+;;. The van der Waals surface area contributed by atoms with E-state index < -0.39 is 15.0 Å². The molecule has 0 atom stereocenters. The molecule has 0 saturated heterocycles. The van der Waals surface area contributed by atoms with Gasteiger partial charge in [-0.15, -0.1) is 0 Å². The van der Waals surface area contributed by atoms with E-state index in [1.165, 1.54) is 31.3 Å². The van der Waals surface area contributed by atoms with Gasteiger partial charge in [0.25, 0.3) is 11.8 Å². The second-order valence-corrected chi connectivity index (χ2v) is 14.5. The van der Waals surface area contributed by atoms with Gasteiger partial charge in [-0.05, 0) is 83.9 Å². The van der Waals surface area contributed by atoms with Gasteiger partial charge in [-0.3, -0.25) is 14.6 Å². The molecular formula is C38H36N14Na2O8S2. The summed E-state index contributed by atoms with van der Waals surface area (Å²) in [6.07, 6.45) is 2.92. The molecule has 2 aromatic heterocycles. The van der Waals surface area contributed by atoms with Gasteiger partial charge in [0.2, 0.25) is 35.7 Å². The molecule has 0 aliphatic carbocycles. The topological polar surface area (TPSA) is 306 Å². The number of amides is 2. The van der Waals surface area contributed by atoms with Crippen molar-refractivity contribution in [2.75, 3.05) is 60.1 Å². The molecule has 0 aliphatic rings. The number of anilines is 10. The number of hydrogen-bond acceptors (Lipinski definition) is 21. The quantitative estimate of drug-likeness (QED) is 0.0117. The first-order valence-corrected chi connectivity index (χ1v) is 20.2. The van der Waals surface area contributed by atoms with Crippen LogP contribution in [-0.2, 0) is 19.5 Å². The van der Waals surface area contributed by atoms with Crippen molar-refractivity contribution in [1.29, 1.82) is 0 Å². The molecule has 0 spiro atoms. The van der Waals surface area contributed by atoms with Crippen molar-refractivity contribution < 1.29 is 96.3 Å². The van der Waals surface area contributed by atoms with Crippen molar-refractivity contribution in [2.24, 2.45) is 0 Å². The second kappa shape index (κ2) is 24.0. The van der Waals surface area contributed by atoms with Crippen molar-refractivity contribution >= 4 is 105 Å². The molecule has 2 heterocycles. The Bertz CT molecular complexity index is 2720. The van der Waals surface area contributed by atoms with Crippen molar-refractivity contribution in [1.82, 2.24) is 40.5 Å². The van der Waals surface area contributed by atoms with E-state index >= 15 is 0 Å². The second-order valence-electron chi connectivity index (χ2n) is 12.4. The first-order valence-electron chi connectivity index (χ1n) is 18.0. The van der Waals surface area contributed by atoms with E-state index in [9.17, 15) is 27.8 Å². The predicted octanol–water partition coefficient (Wildman–Crippen LogP) is -1.85. The molecule has 4 aromatic carbocycles. The Morgan fingerprint density at radius 3 is 1.34 bits per heavy atom. The molecule has 0 bridgehead atoms. The van der Waals surface area contributed by atoms with E-state index in [1.54, 1.807) is 87.9 Å². The molecule has 0 aliphatic heterocycles. The van der Waals surface area contributed by atoms with Gasteiger partial charge < -0.3 is 52.3 Å². The van der Waals surface area contributed by atoms with E-state index in [0.717, 1.165) is 6.07 Å². The van der Waals surface area contributed by atoms with Crippen LogP contribution in [0.5, 0.6) is 0 Å². The minimum Gasteiger partial charge on any atom is -0.744 e. The van der Waals surface area contributed by atoms with Gasteiger partial charge >= 0.3 is 59.1 Å². The van der Waals surface area contributed by atoms with Gasteiger partial charge in [-0.2, -0.15) is 34.2 Å². The number of carbonyl (C=O) groups excluding carboxylic acids is 2.